The minimum Gasteiger partial charge on any atom is -0.829 e. The lowest BCUT2D eigenvalue weighted by Crippen LogP contribution is -2.66. The fourth-order valence-electron chi connectivity index (χ4n) is 3.40. The van der Waals surface area contributed by atoms with Crippen molar-refractivity contribution in [1.82, 2.24) is 0 Å². The number of ether oxygens (including phenoxy) is 5. The van der Waals surface area contributed by atoms with Crippen LogP contribution in [-0.4, -0.2) is 43.3 Å². The van der Waals surface area contributed by atoms with Gasteiger partial charge in [0.2, 0.25) is 0 Å². The zero-order chi connectivity index (χ0) is 19.5. The van der Waals surface area contributed by atoms with Gasteiger partial charge in [0.15, 0.2) is 12.4 Å². The Bertz CT molecular complexity index is 766. The quantitative estimate of drug-likeness (QED) is 0.701. The first-order chi connectivity index (χ1) is 13.6. The van der Waals surface area contributed by atoms with E-state index in [-0.39, 0.29) is 13.2 Å². The monoisotopic (exact) mass is 405 g/mol. The molecule has 28 heavy (non-hydrogen) atoms. The van der Waals surface area contributed by atoms with Crippen LogP contribution < -0.4 is 5.11 Å². The van der Waals surface area contributed by atoms with Crippen molar-refractivity contribution in [3.63, 3.8) is 0 Å². The topological polar surface area (TPSA) is 86.3 Å². The van der Waals surface area contributed by atoms with E-state index >= 15 is 0 Å². The maximum absolute atomic E-state index is 12.6. The largest absolute Gasteiger partial charge is 0.829 e. The summed E-state index contributed by atoms with van der Waals surface area (Å²) in [4.78, 5) is 12.7. The van der Waals surface area contributed by atoms with Crippen LogP contribution in [0.25, 0.3) is 0 Å². The van der Waals surface area contributed by atoms with Gasteiger partial charge in [0.05, 0.1) is 13.2 Å². The highest BCUT2D eigenvalue weighted by molar-refractivity contribution is 7.09. The fourth-order valence-corrected chi connectivity index (χ4v) is 4.03. The van der Waals surface area contributed by atoms with Crippen LogP contribution in [0.1, 0.15) is 23.7 Å². The lowest BCUT2D eigenvalue weighted by atomic mass is 9.97. The molecule has 1 aromatic heterocycles. The number of carbonyl (C=O) groups is 1. The molecule has 3 heterocycles. The van der Waals surface area contributed by atoms with Crippen LogP contribution in [0.2, 0.25) is 0 Å². The van der Waals surface area contributed by atoms with E-state index in [9.17, 15) is 9.90 Å². The molecule has 2 aromatic rings. The summed E-state index contributed by atoms with van der Waals surface area (Å²) >= 11 is 1.52. The molecule has 4 rings (SSSR count). The average molecular weight is 405 g/mol. The summed E-state index contributed by atoms with van der Waals surface area (Å²) in [6.07, 6.45) is -5.30. The summed E-state index contributed by atoms with van der Waals surface area (Å²) < 4.78 is 28.6. The van der Waals surface area contributed by atoms with Crippen molar-refractivity contribution < 1.29 is 33.6 Å². The summed E-state index contributed by atoms with van der Waals surface area (Å²) in [5.41, 5.74) is 0.836. The predicted molar refractivity (Wildman–Crippen MR) is 97.1 cm³/mol. The van der Waals surface area contributed by atoms with Gasteiger partial charge < -0.3 is 28.8 Å². The van der Waals surface area contributed by atoms with Gasteiger partial charge >= 0.3 is 5.97 Å². The Balaban J connectivity index is 1.53. The van der Waals surface area contributed by atoms with Gasteiger partial charge in [0, 0.05) is 23.7 Å². The minimum absolute atomic E-state index is 0.165. The number of fused-ring (bicyclic) bond motifs is 1. The molecule has 0 saturated carbocycles. The standard InChI is InChI=1S/C20H21O7S/c1-12(21)25-17-16-15(11-24-20(27-16)13-6-3-2-4-7-13)26-19(22)18(17)23-10-14-8-5-9-28-14/h2-9,15-20H,10-11H2,1H3/q-1/t15-,16-,17+,18-,19?,20?/m1/s1. The second-order valence-corrected chi connectivity index (χ2v) is 7.68. The van der Waals surface area contributed by atoms with E-state index in [0.29, 0.717) is 0 Å². The Morgan fingerprint density at radius 2 is 2.00 bits per heavy atom. The van der Waals surface area contributed by atoms with Crippen LogP contribution in [0.3, 0.4) is 0 Å². The predicted octanol–water partition coefficient (Wildman–Crippen LogP) is 1.76. The molecule has 2 aliphatic rings. The van der Waals surface area contributed by atoms with Crippen molar-refractivity contribution in [3.8, 4) is 0 Å². The lowest BCUT2D eigenvalue weighted by Gasteiger charge is -2.51. The minimum atomic E-state index is -1.51. The molecule has 0 aliphatic carbocycles. The Morgan fingerprint density at radius 1 is 1.18 bits per heavy atom. The van der Waals surface area contributed by atoms with Crippen LogP contribution >= 0.6 is 11.3 Å². The first-order valence-electron chi connectivity index (χ1n) is 9.06. The molecular formula is C20H21O7S-. The third-order valence-corrected chi connectivity index (χ3v) is 5.51. The Kier molecular flexibility index (Phi) is 6.05. The Morgan fingerprint density at radius 3 is 2.71 bits per heavy atom. The van der Waals surface area contributed by atoms with E-state index in [1.807, 2.05) is 47.8 Å². The number of thiophene rings is 1. The second-order valence-electron chi connectivity index (χ2n) is 6.65. The SMILES string of the molecule is CC(=O)O[C@H]1[C@@H]2OC(c3ccccc3)OC[C@H]2OC([O-])[C@@H]1OCc1cccs1. The number of hydrogen-bond donors (Lipinski definition) is 0. The summed E-state index contributed by atoms with van der Waals surface area (Å²) in [6.45, 7) is 1.70. The summed E-state index contributed by atoms with van der Waals surface area (Å²) in [6, 6.07) is 13.3. The molecule has 0 amide bonds. The average Bonchev–Trinajstić information content (AvgIpc) is 3.21. The first kappa shape index (κ1) is 19.5. The smallest absolute Gasteiger partial charge is 0.303 e. The van der Waals surface area contributed by atoms with Gasteiger partial charge in [0.1, 0.15) is 18.3 Å². The molecule has 0 spiro atoms. The van der Waals surface area contributed by atoms with Crippen LogP contribution in [0.4, 0.5) is 0 Å². The van der Waals surface area contributed by atoms with Crippen molar-refractivity contribution in [2.75, 3.05) is 6.61 Å². The third-order valence-electron chi connectivity index (χ3n) is 4.66. The van der Waals surface area contributed by atoms with E-state index in [2.05, 4.69) is 0 Å². The number of benzene rings is 1. The molecule has 2 fully saturated rings. The van der Waals surface area contributed by atoms with Crippen molar-refractivity contribution in [3.05, 3.63) is 58.3 Å². The van der Waals surface area contributed by atoms with E-state index in [1.165, 1.54) is 18.3 Å². The molecule has 7 nitrogen and oxygen atoms in total. The maximum Gasteiger partial charge on any atom is 0.303 e. The van der Waals surface area contributed by atoms with Gasteiger partial charge in [0.25, 0.3) is 0 Å². The number of esters is 1. The zero-order valence-electron chi connectivity index (χ0n) is 15.3. The molecule has 8 heteroatoms. The van der Waals surface area contributed by atoms with E-state index < -0.39 is 43.0 Å². The first-order valence-corrected chi connectivity index (χ1v) is 9.94. The van der Waals surface area contributed by atoms with Crippen LogP contribution in [0, 0.1) is 0 Å². The number of rotatable bonds is 5. The van der Waals surface area contributed by atoms with Crippen LogP contribution in [0.5, 0.6) is 0 Å². The maximum atomic E-state index is 12.6. The second kappa shape index (κ2) is 8.69. The highest BCUT2D eigenvalue weighted by Crippen LogP contribution is 2.35. The summed E-state index contributed by atoms with van der Waals surface area (Å²) in [7, 11) is 0. The van der Waals surface area contributed by atoms with E-state index in [1.54, 1.807) is 0 Å². The van der Waals surface area contributed by atoms with Gasteiger partial charge in [-0.25, -0.2) is 0 Å². The Hall–Kier alpha value is -1.81. The van der Waals surface area contributed by atoms with E-state index in [4.69, 9.17) is 23.7 Å². The molecule has 6 atom stereocenters. The molecule has 2 saturated heterocycles. The number of carbonyl (C=O) groups excluding carboxylic acids is 1. The third kappa shape index (κ3) is 4.27. The van der Waals surface area contributed by atoms with E-state index in [0.717, 1.165) is 10.4 Å². The highest BCUT2D eigenvalue weighted by atomic mass is 32.1. The summed E-state index contributed by atoms with van der Waals surface area (Å²) in [5.74, 6) is -0.506. The summed E-state index contributed by atoms with van der Waals surface area (Å²) in [5, 5.41) is 14.5. The molecule has 2 unspecified atom stereocenters. The molecule has 1 aromatic carbocycles. The number of hydrogen-bond acceptors (Lipinski definition) is 8. The van der Waals surface area contributed by atoms with Crippen molar-refractivity contribution in [2.45, 2.75) is 50.5 Å². The molecule has 0 radical (unpaired) electrons. The van der Waals surface area contributed by atoms with Gasteiger partial charge in [-0.2, -0.15) is 0 Å². The molecule has 2 aliphatic heterocycles. The normalized spacial score (nSPS) is 32.5. The van der Waals surface area contributed by atoms with Gasteiger partial charge in [-0.05, 0) is 11.4 Å². The highest BCUT2D eigenvalue weighted by Gasteiger charge is 2.49. The van der Waals surface area contributed by atoms with Crippen molar-refractivity contribution >= 4 is 17.3 Å². The fraction of sp³-hybridized carbons (Fsp3) is 0.450. The molecular weight excluding hydrogens is 384 g/mol. The molecule has 0 N–H and O–H groups in total. The Labute approximate surface area is 166 Å². The molecule has 150 valence electrons. The zero-order valence-corrected chi connectivity index (χ0v) is 16.1. The van der Waals surface area contributed by atoms with Crippen molar-refractivity contribution in [1.29, 1.82) is 0 Å². The van der Waals surface area contributed by atoms with Gasteiger partial charge in [-0.1, -0.05) is 36.4 Å². The van der Waals surface area contributed by atoms with Gasteiger partial charge in [-0.3, -0.25) is 4.79 Å². The van der Waals surface area contributed by atoms with Crippen LogP contribution in [0.15, 0.2) is 47.8 Å². The lowest BCUT2D eigenvalue weighted by molar-refractivity contribution is -0.541. The molecule has 0 bridgehead atoms. The van der Waals surface area contributed by atoms with Gasteiger partial charge in [-0.15, -0.1) is 11.3 Å². The van der Waals surface area contributed by atoms with Crippen molar-refractivity contribution in [2.24, 2.45) is 0 Å². The van der Waals surface area contributed by atoms with Crippen LogP contribution in [-0.2, 0) is 35.1 Å².